The molecule has 0 spiro atoms. The van der Waals surface area contributed by atoms with E-state index in [1.807, 2.05) is 6.92 Å². The van der Waals surface area contributed by atoms with E-state index >= 15 is 0 Å². The maximum Gasteiger partial charge on any atom is 0.309 e. The Morgan fingerprint density at radius 3 is 2.28 bits per heavy atom. The molecule has 4 aliphatic heterocycles. The number of esters is 3. The molecule has 0 radical (unpaired) electrons. The maximum atomic E-state index is 13.4. The molecular weight excluding hydrogens is 750 g/mol. The first kappa shape index (κ1) is 47.1. The van der Waals surface area contributed by atoms with Crippen molar-refractivity contribution in [1.82, 2.24) is 4.90 Å². The maximum absolute atomic E-state index is 13.4. The molecule has 0 aliphatic carbocycles. The number of cyclic esters (lactones) is 1. The van der Waals surface area contributed by atoms with Crippen LogP contribution in [0.3, 0.4) is 0 Å². The van der Waals surface area contributed by atoms with E-state index in [1.54, 1.807) is 58.8 Å². The van der Waals surface area contributed by atoms with E-state index in [1.165, 1.54) is 21.0 Å². The first-order valence-electron chi connectivity index (χ1n) is 20.0. The molecule has 17 heteroatoms. The van der Waals surface area contributed by atoms with Gasteiger partial charge in [0.15, 0.2) is 18.7 Å². The van der Waals surface area contributed by atoms with Crippen LogP contribution in [-0.2, 0) is 61.8 Å². The zero-order valence-corrected chi connectivity index (χ0v) is 34.9. The van der Waals surface area contributed by atoms with Crippen LogP contribution in [-0.4, -0.2) is 163 Å². The van der Waals surface area contributed by atoms with Gasteiger partial charge in [0.1, 0.15) is 48.5 Å². The molecular formula is C40H65NO16. The SMILES string of the molecule is CCC(=O)O[C@@H]1CC(=O)O[C@H](C)C[C@@H]2O[C@H]2/C=C/[C@H](O)[C@H](C)C[C@H](CC=O)[C@H](O[C@@H]2O[C@H](C)[C@@H](O[C@H]3C[C@@](C)(O)[C@@H](OC(C)=O)[C@H](C)O3)[C@H](N(C)C)[C@H]2O)[C@H]1OC. The highest BCUT2D eigenvalue weighted by atomic mass is 16.7. The van der Waals surface area contributed by atoms with Gasteiger partial charge in [0.2, 0.25) is 0 Å². The summed E-state index contributed by atoms with van der Waals surface area (Å²) < 4.78 is 54.1. The Morgan fingerprint density at radius 1 is 0.982 bits per heavy atom. The molecule has 17 nitrogen and oxygen atoms in total. The van der Waals surface area contributed by atoms with Crippen molar-refractivity contribution in [1.29, 1.82) is 0 Å². The number of aliphatic hydroxyl groups excluding tert-OH is 2. The summed E-state index contributed by atoms with van der Waals surface area (Å²) in [5, 5.41) is 34.5. The van der Waals surface area contributed by atoms with E-state index in [9.17, 15) is 34.5 Å². The monoisotopic (exact) mass is 815 g/mol. The van der Waals surface area contributed by atoms with E-state index in [4.69, 9.17) is 42.6 Å². The Bertz CT molecular complexity index is 1380. The molecule has 0 saturated carbocycles. The smallest absolute Gasteiger partial charge is 0.309 e. The molecule has 326 valence electrons. The van der Waals surface area contributed by atoms with Gasteiger partial charge in [-0.05, 0) is 60.0 Å². The predicted octanol–water partition coefficient (Wildman–Crippen LogP) is 1.59. The minimum atomic E-state index is -1.49. The number of hydrogen-bond donors (Lipinski definition) is 3. The molecule has 3 fully saturated rings. The molecule has 18 atom stereocenters. The van der Waals surface area contributed by atoms with Crippen molar-refractivity contribution >= 4 is 24.2 Å². The lowest BCUT2D eigenvalue weighted by Crippen LogP contribution is -2.66. The fraction of sp³-hybridized carbons (Fsp3) is 0.850. The summed E-state index contributed by atoms with van der Waals surface area (Å²) in [6.45, 7) is 11.3. The summed E-state index contributed by atoms with van der Waals surface area (Å²) in [5.74, 6) is -2.95. The van der Waals surface area contributed by atoms with Crippen LogP contribution >= 0.6 is 0 Å². The summed E-state index contributed by atoms with van der Waals surface area (Å²) in [7, 11) is 4.85. The number of hydrogen-bond acceptors (Lipinski definition) is 17. The number of fused-ring (bicyclic) bond motifs is 1. The lowest BCUT2D eigenvalue weighted by molar-refractivity contribution is -0.344. The summed E-state index contributed by atoms with van der Waals surface area (Å²) in [5.41, 5.74) is -1.49. The Morgan fingerprint density at radius 2 is 1.68 bits per heavy atom. The van der Waals surface area contributed by atoms with E-state index in [0.29, 0.717) is 12.7 Å². The first-order valence-corrected chi connectivity index (χ1v) is 20.0. The predicted molar refractivity (Wildman–Crippen MR) is 200 cm³/mol. The Labute approximate surface area is 335 Å². The molecule has 0 aromatic carbocycles. The van der Waals surface area contributed by atoms with Crippen molar-refractivity contribution in [3.05, 3.63) is 12.2 Å². The van der Waals surface area contributed by atoms with Gasteiger partial charge < -0.3 is 67.6 Å². The van der Waals surface area contributed by atoms with Gasteiger partial charge in [-0.15, -0.1) is 0 Å². The lowest BCUT2D eigenvalue weighted by Gasteiger charge is -2.50. The molecule has 57 heavy (non-hydrogen) atoms. The molecule has 4 aliphatic rings. The molecule has 0 aromatic rings. The average molecular weight is 816 g/mol. The van der Waals surface area contributed by atoms with Gasteiger partial charge in [0, 0.05) is 39.7 Å². The number of likely N-dealkylation sites (N-methyl/N-ethyl adjacent to an activating group) is 1. The minimum Gasteiger partial charge on any atom is -0.462 e. The second-order valence-corrected chi connectivity index (χ2v) is 16.4. The highest BCUT2D eigenvalue weighted by Crippen LogP contribution is 2.38. The standard InChI is InChI=1S/C40H65NO16/c1-11-30(45)55-29-18-31(46)50-21(3)17-28-27(54-28)13-12-26(44)20(2)16-25(14-15-42)36(37(29)49-10)57-39-34(47)33(41(8)9)35(22(4)52-39)56-32-19-40(7,48)38(23(5)51-32)53-24(6)43/h12-13,15,20-23,25-29,32-39,44,47-48H,11,14,16-19H2,1-10H3/b13-12+/t20-,21-,22-,23+,25+,26+,27+,28+,29-,32+,33-,34-,35-,36+,37+,38+,39+,40-/m1/s1. The number of aliphatic hydroxyl groups is 3. The van der Waals surface area contributed by atoms with Crippen molar-refractivity contribution < 1.29 is 77.1 Å². The van der Waals surface area contributed by atoms with Crippen molar-refractivity contribution in [2.75, 3.05) is 21.2 Å². The van der Waals surface area contributed by atoms with Crippen LogP contribution in [0.15, 0.2) is 12.2 Å². The highest BCUT2D eigenvalue weighted by molar-refractivity contribution is 5.72. The van der Waals surface area contributed by atoms with E-state index in [0.717, 1.165) is 0 Å². The summed E-state index contributed by atoms with van der Waals surface area (Å²) in [6, 6.07) is -0.782. The molecule has 0 unspecified atom stereocenters. The molecule has 0 bridgehead atoms. The highest BCUT2D eigenvalue weighted by Gasteiger charge is 2.53. The number of ether oxygens (including phenoxy) is 9. The van der Waals surface area contributed by atoms with Gasteiger partial charge >= 0.3 is 17.9 Å². The Hall–Kier alpha value is -2.58. The van der Waals surface area contributed by atoms with Crippen LogP contribution < -0.4 is 0 Å². The Kier molecular flexibility index (Phi) is 17.0. The quantitative estimate of drug-likeness (QED) is 0.0887. The van der Waals surface area contributed by atoms with Crippen molar-refractivity contribution in [3.63, 3.8) is 0 Å². The topological polar surface area (TPSA) is 219 Å². The van der Waals surface area contributed by atoms with E-state index in [-0.39, 0.29) is 37.9 Å². The zero-order chi connectivity index (χ0) is 42.4. The minimum absolute atomic E-state index is 0.00512. The number of methoxy groups -OCH3 is 1. The molecule has 0 amide bonds. The number of aldehydes is 1. The summed E-state index contributed by atoms with van der Waals surface area (Å²) in [4.78, 5) is 52.0. The second-order valence-electron chi connectivity index (χ2n) is 16.4. The summed E-state index contributed by atoms with van der Waals surface area (Å²) in [6.07, 6.45) is -8.23. The zero-order valence-electron chi connectivity index (χ0n) is 34.9. The van der Waals surface area contributed by atoms with Crippen LogP contribution in [0, 0.1) is 11.8 Å². The third-order valence-electron chi connectivity index (χ3n) is 11.3. The third-order valence-corrected chi connectivity index (χ3v) is 11.3. The number of carbonyl (C=O) groups is 4. The number of nitrogens with zero attached hydrogens (tertiary/aromatic N) is 1. The van der Waals surface area contributed by atoms with Crippen LogP contribution in [0.1, 0.15) is 87.0 Å². The normalized spacial score (nSPS) is 44.0. The van der Waals surface area contributed by atoms with Gasteiger partial charge in [0.05, 0.1) is 43.0 Å². The number of epoxide rings is 1. The number of carbonyl (C=O) groups excluding carboxylic acids is 4. The van der Waals surface area contributed by atoms with Crippen LogP contribution in [0.25, 0.3) is 0 Å². The first-order chi connectivity index (χ1) is 26.8. The molecule has 4 rings (SSSR count). The van der Waals surface area contributed by atoms with Gasteiger partial charge in [-0.25, -0.2) is 0 Å². The Balaban J connectivity index is 1.68. The average Bonchev–Trinajstić information content (AvgIpc) is 3.86. The van der Waals surface area contributed by atoms with Gasteiger partial charge in [0.25, 0.3) is 0 Å². The molecule has 3 N–H and O–H groups in total. The van der Waals surface area contributed by atoms with Crippen LogP contribution in [0.2, 0.25) is 0 Å². The second kappa shape index (κ2) is 20.6. The van der Waals surface area contributed by atoms with E-state index < -0.39 is 121 Å². The molecule has 3 saturated heterocycles. The van der Waals surface area contributed by atoms with Gasteiger partial charge in [-0.1, -0.05) is 26.0 Å². The summed E-state index contributed by atoms with van der Waals surface area (Å²) >= 11 is 0. The van der Waals surface area contributed by atoms with Gasteiger partial charge in [-0.2, -0.15) is 0 Å². The third kappa shape index (κ3) is 12.5. The van der Waals surface area contributed by atoms with Crippen molar-refractivity contribution in [2.45, 2.75) is 184 Å². The molecule has 4 heterocycles. The van der Waals surface area contributed by atoms with Gasteiger partial charge in [-0.3, -0.25) is 14.4 Å². The van der Waals surface area contributed by atoms with Crippen molar-refractivity contribution in [3.8, 4) is 0 Å². The van der Waals surface area contributed by atoms with Crippen molar-refractivity contribution in [2.24, 2.45) is 11.8 Å². The molecule has 0 aromatic heterocycles. The van der Waals surface area contributed by atoms with Crippen LogP contribution in [0.4, 0.5) is 0 Å². The van der Waals surface area contributed by atoms with E-state index in [2.05, 4.69) is 0 Å². The number of rotatable bonds is 11. The lowest BCUT2D eigenvalue weighted by atomic mass is 9.82. The fourth-order valence-corrected chi connectivity index (χ4v) is 8.31. The van der Waals surface area contributed by atoms with Crippen LogP contribution in [0.5, 0.6) is 0 Å². The fourth-order valence-electron chi connectivity index (χ4n) is 8.31. The largest absolute Gasteiger partial charge is 0.462 e.